The van der Waals surface area contributed by atoms with E-state index < -0.39 is 25.6 Å². The van der Waals surface area contributed by atoms with Gasteiger partial charge in [0.25, 0.3) is 21.4 Å². The van der Waals surface area contributed by atoms with Gasteiger partial charge in [0.15, 0.2) is 0 Å². The molecule has 0 spiro atoms. The first kappa shape index (κ1) is 16.4. The molecule has 0 aromatic heterocycles. The van der Waals surface area contributed by atoms with E-state index in [2.05, 4.69) is 4.72 Å². The number of benzene rings is 2. The fourth-order valence-corrected chi connectivity index (χ4v) is 2.97. The van der Waals surface area contributed by atoms with E-state index in [0.717, 1.165) is 12.1 Å². The van der Waals surface area contributed by atoms with Crippen LogP contribution in [0.25, 0.3) is 0 Å². The van der Waals surface area contributed by atoms with Crippen LogP contribution in [-0.4, -0.2) is 18.3 Å². The first-order chi connectivity index (χ1) is 10.7. The molecule has 0 heterocycles. The van der Waals surface area contributed by atoms with Crippen LogP contribution in [0.5, 0.6) is 0 Å². The van der Waals surface area contributed by atoms with Gasteiger partial charge >= 0.3 is 0 Å². The molecule has 0 aliphatic heterocycles. The van der Waals surface area contributed by atoms with Gasteiger partial charge in [0, 0.05) is 17.7 Å². The van der Waals surface area contributed by atoms with Gasteiger partial charge in [0.2, 0.25) is 0 Å². The SMILES string of the molecule is Cc1ccc(S(=O)(=O)Nc2ccccc2[N+](=O)[O-])cc1[N+](=O)[O-]. The number of hydrogen-bond donors (Lipinski definition) is 1. The van der Waals surface area contributed by atoms with Crippen molar-refractivity contribution in [3.63, 3.8) is 0 Å². The Labute approximate surface area is 130 Å². The lowest BCUT2D eigenvalue weighted by molar-refractivity contribution is -0.385. The molecule has 2 rings (SSSR count). The highest BCUT2D eigenvalue weighted by atomic mass is 32.2. The van der Waals surface area contributed by atoms with Gasteiger partial charge in [-0.3, -0.25) is 25.0 Å². The van der Waals surface area contributed by atoms with Gasteiger partial charge in [-0.2, -0.15) is 0 Å². The Morgan fingerprint density at radius 2 is 1.57 bits per heavy atom. The molecule has 1 N–H and O–H groups in total. The van der Waals surface area contributed by atoms with Crippen molar-refractivity contribution in [3.8, 4) is 0 Å². The van der Waals surface area contributed by atoms with Crippen molar-refractivity contribution in [2.75, 3.05) is 4.72 Å². The van der Waals surface area contributed by atoms with Crippen LogP contribution in [0.3, 0.4) is 0 Å². The first-order valence-corrected chi connectivity index (χ1v) is 7.72. The predicted molar refractivity (Wildman–Crippen MR) is 81.7 cm³/mol. The Balaban J connectivity index is 2.47. The average Bonchev–Trinajstić information content (AvgIpc) is 2.47. The van der Waals surface area contributed by atoms with Crippen molar-refractivity contribution >= 4 is 27.1 Å². The molecule has 23 heavy (non-hydrogen) atoms. The van der Waals surface area contributed by atoms with E-state index in [9.17, 15) is 28.6 Å². The Hall–Kier alpha value is -3.01. The summed E-state index contributed by atoms with van der Waals surface area (Å²) in [6.07, 6.45) is 0. The molecule has 120 valence electrons. The van der Waals surface area contributed by atoms with Crippen molar-refractivity contribution < 1.29 is 18.3 Å². The van der Waals surface area contributed by atoms with Gasteiger partial charge in [0.05, 0.1) is 14.7 Å². The number of hydrogen-bond acceptors (Lipinski definition) is 6. The molecule has 0 atom stereocenters. The first-order valence-electron chi connectivity index (χ1n) is 6.23. The summed E-state index contributed by atoms with van der Waals surface area (Å²) in [7, 11) is -4.20. The van der Waals surface area contributed by atoms with Crippen LogP contribution in [0.2, 0.25) is 0 Å². The number of rotatable bonds is 5. The van der Waals surface area contributed by atoms with E-state index in [-0.39, 0.29) is 16.3 Å². The molecule has 0 radical (unpaired) electrons. The Morgan fingerprint density at radius 1 is 0.957 bits per heavy atom. The highest BCUT2D eigenvalue weighted by Gasteiger charge is 2.23. The van der Waals surface area contributed by atoms with Gasteiger partial charge in [-0.15, -0.1) is 0 Å². The quantitative estimate of drug-likeness (QED) is 0.658. The van der Waals surface area contributed by atoms with Crippen molar-refractivity contribution in [2.24, 2.45) is 0 Å². The van der Waals surface area contributed by atoms with E-state index in [1.165, 1.54) is 37.3 Å². The second-order valence-corrected chi connectivity index (χ2v) is 6.27. The Kier molecular flexibility index (Phi) is 4.27. The van der Waals surface area contributed by atoms with Gasteiger partial charge < -0.3 is 0 Å². The van der Waals surface area contributed by atoms with E-state index >= 15 is 0 Å². The van der Waals surface area contributed by atoms with Crippen LogP contribution in [0, 0.1) is 27.2 Å². The number of nitrogens with zero attached hydrogens (tertiary/aromatic N) is 2. The van der Waals surface area contributed by atoms with Gasteiger partial charge in [-0.25, -0.2) is 8.42 Å². The summed E-state index contributed by atoms with van der Waals surface area (Å²) in [5, 5.41) is 21.8. The van der Waals surface area contributed by atoms with Crippen LogP contribution in [0.15, 0.2) is 47.4 Å². The molecule has 2 aromatic rings. The predicted octanol–water partition coefficient (Wildman–Crippen LogP) is 2.61. The second-order valence-electron chi connectivity index (χ2n) is 4.59. The van der Waals surface area contributed by atoms with Crippen LogP contribution >= 0.6 is 0 Å². The van der Waals surface area contributed by atoms with Gasteiger partial charge in [-0.1, -0.05) is 18.2 Å². The number of sulfonamides is 1. The summed E-state index contributed by atoms with van der Waals surface area (Å²) in [6.45, 7) is 1.48. The fraction of sp³-hybridized carbons (Fsp3) is 0.0769. The monoisotopic (exact) mass is 337 g/mol. The normalized spacial score (nSPS) is 11.0. The van der Waals surface area contributed by atoms with E-state index in [1.807, 2.05) is 0 Å². The minimum atomic E-state index is -4.20. The standard InChI is InChI=1S/C13H11N3O6S/c1-9-6-7-10(8-13(9)16(19)20)23(21,22)14-11-4-2-3-5-12(11)15(17)18/h2-8,14H,1H3. The molecule has 10 heteroatoms. The second kappa shape index (κ2) is 6.01. The molecule has 9 nitrogen and oxygen atoms in total. The third-order valence-electron chi connectivity index (χ3n) is 3.03. The maximum Gasteiger partial charge on any atom is 0.293 e. The molecule has 0 saturated carbocycles. The van der Waals surface area contributed by atoms with E-state index in [0.29, 0.717) is 5.56 Å². The lowest BCUT2D eigenvalue weighted by atomic mass is 10.2. The number of para-hydroxylation sites is 2. The lowest BCUT2D eigenvalue weighted by Gasteiger charge is -2.09. The molecule has 2 aromatic carbocycles. The summed E-state index contributed by atoms with van der Waals surface area (Å²) in [5.74, 6) is 0. The summed E-state index contributed by atoms with van der Waals surface area (Å²) in [5.41, 5.74) is -0.687. The van der Waals surface area contributed by atoms with Crippen molar-refractivity contribution in [3.05, 3.63) is 68.3 Å². The minimum absolute atomic E-state index is 0.222. The van der Waals surface area contributed by atoms with E-state index in [1.54, 1.807) is 0 Å². The zero-order valence-electron chi connectivity index (χ0n) is 11.8. The molecule has 0 amide bonds. The zero-order chi connectivity index (χ0) is 17.2. The van der Waals surface area contributed by atoms with E-state index in [4.69, 9.17) is 0 Å². The molecule has 0 saturated heterocycles. The van der Waals surface area contributed by atoms with Crippen molar-refractivity contribution in [2.45, 2.75) is 11.8 Å². The highest BCUT2D eigenvalue weighted by molar-refractivity contribution is 7.92. The van der Waals surface area contributed by atoms with Gasteiger partial charge in [-0.05, 0) is 19.1 Å². The molecular formula is C13H11N3O6S. The number of anilines is 1. The molecule has 0 fully saturated rings. The van der Waals surface area contributed by atoms with Crippen molar-refractivity contribution in [1.29, 1.82) is 0 Å². The number of nitro benzene ring substituents is 2. The smallest absolute Gasteiger partial charge is 0.273 e. The number of aryl methyl sites for hydroxylation is 1. The minimum Gasteiger partial charge on any atom is -0.273 e. The van der Waals surface area contributed by atoms with Crippen molar-refractivity contribution in [1.82, 2.24) is 0 Å². The third kappa shape index (κ3) is 3.43. The maximum absolute atomic E-state index is 12.3. The maximum atomic E-state index is 12.3. The molecule has 0 aliphatic rings. The Morgan fingerprint density at radius 3 is 2.17 bits per heavy atom. The van der Waals surface area contributed by atoms with Gasteiger partial charge in [0.1, 0.15) is 5.69 Å². The van der Waals surface area contributed by atoms with Crippen LogP contribution in [0.4, 0.5) is 17.1 Å². The summed E-state index contributed by atoms with van der Waals surface area (Å²) >= 11 is 0. The topological polar surface area (TPSA) is 132 Å². The summed E-state index contributed by atoms with van der Waals surface area (Å²) in [6, 6.07) is 8.61. The van der Waals surface area contributed by atoms with Crippen LogP contribution in [-0.2, 0) is 10.0 Å². The zero-order valence-corrected chi connectivity index (χ0v) is 12.6. The summed E-state index contributed by atoms with van der Waals surface area (Å²) in [4.78, 5) is 20.0. The molecular weight excluding hydrogens is 326 g/mol. The molecule has 0 aliphatic carbocycles. The van der Waals surface area contributed by atoms with Crippen LogP contribution < -0.4 is 4.72 Å². The number of nitro groups is 2. The molecule has 0 unspecified atom stereocenters. The third-order valence-corrected chi connectivity index (χ3v) is 4.40. The Bertz CT molecular complexity index is 894. The average molecular weight is 337 g/mol. The summed E-state index contributed by atoms with van der Waals surface area (Å²) < 4.78 is 26.7. The highest BCUT2D eigenvalue weighted by Crippen LogP contribution is 2.28. The number of nitrogens with one attached hydrogen (secondary N) is 1. The fourth-order valence-electron chi connectivity index (χ4n) is 1.88. The molecule has 0 bridgehead atoms. The van der Waals surface area contributed by atoms with Crippen LogP contribution in [0.1, 0.15) is 5.56 Å². The largest absolute Gasteiger partial charge is 0.293 e. The lowest BCUT2D eigenvalue weighted by Crippen LogP contribution is -2.14.